The molecule has 0 radical (unpaired) electrons. The van der Waals surface area contributed by atoms with Gasteiger partial charge in [0.1, 0.15) is 5.60 Å². The van der Waals surface area contributed by atoms with E-state index in [-0.39, 0.29) is 5.69 Å². The molecular formula is C15H20N2O6. The van der Waals surface area contributed by atoms with Crippen molar-refractivity contribution in [3.05, 3.63) is 39.9 Å². The summed E-state index contributed by atoms with van der Waals surface area (Å²) in [7, 11) is 0. The number of aliphatic carboxylic acids is 1. The Balaban J connectivity index is 3.14. The van der Waals surface area contributed by atoms with Crippen molar-refractivity contribution in [2.75, 3.05) is 0 Å². The Morgan fingerprint density at radius 2 is 1.83 bits per heavy atom. The van der Waals surface area contributed by atoms with Crippen LogP contribution in [0.15, 0.2) is 24.3 Å². The summed E-state index contributed by atoms with van der Waals surface area (Å²) in [5.41, 5.74) is 5.33. The van der Waals surface area contributed by atoms with Crippen molar-refractivity contribution in [3.8, 4) is 0 Å². The smallest absolute Gasteiger partial charge is 0.315 e. The van der Waals surface area contributed by atoms with E-state index < -0.39 is 40.8 Å². The minimum Gasteiger partial charge on any atom is -0.481 e. The molecule has 1 aromatic rings. The van der Waals surface area contributed by atoms with Gasteiger partial charge < -0.3 is 15.6 Å². The average molecular weight is 324 g/mol. The van der Waals surface area contributed by atoms with E-state index in [0.717, 1.165) is 0 Å². The Labute approximate surface area is 133 Å². The van der Waals surface area contributed by atoms with Gasteiger partial charge in [-0.1, -0.05) is 12.1 Å². The van der Waals surface area contributed by atoms with Gasteiger partial charge in [-0.2, -0.15) is 0 Å². The third kappa shape index (κ3) is 5.67. The third-order valence-corrected chi connectivity index (χ3v) is 2.96. The number of hydrogen-bond donors (Lipinski definition) is 2. The molecule has 0 unspecified atom stereocenters. The molecule has 8 nitrogen and oxygen atoms in total. The van der Waals surface area contributed by atoms with Gasteiger partial charge in [-0.05, 0) is 26.3 Å². The molecular weight excluding hydrogens is 304 g/mol. The van der Waals surface area contributed by atoms with E-state index in [1.807, 2.05) is 0 Å². The summed E-state index contributed by atoms with van der Waals surface area (Å²) in [6, 6.07) is 4.23. The first kappa shape index (κ1) is 18.6. The number of nitrogens with zero attached hydrogens (tertiary/aromatic N) is 1. The first-order valence-corrected chi connectivity index (χ1v) is 6.96. The molecule has 0 saturated heterocycles. The molecule has 0 aliphatic rings. The first-order chi connectivity index (χ1) is 10.5. The highest BCUT2D eigenvalue weighted by atomic mass is 16.6. The van der Waals surface area contributed by atoms with Crippen LogP contribution in [-0.4, -0.2) is 33.6 Å². The number of nitro groups is 1. The zero-order valence-electron chi connectivity index (χ0n) is 13.2. The van der Waals surface area contributed by atoms with Crippen molar-refractivity contribution >= 4 is 17.6 Å². The summed E-state index contributed by atoms with van der Waals surface area (Å²) in [6.07, 6.45) is -0.430. The normalized spacial score (nSPS) is 13.9. The second kappa shape index (κ2) is 7.19. The van der Waals surface area contributed by atoms with Gasteiger partial charge in [-0.25, -0.2) is 0 Å². The van der Waals surface area contributed by atoms with E-state index in [0.29, 0.717) is 5.56 Å². The minimum atomic E-state index is -1.15. The molecule has 0 spiro atoms. The number of ether oxygens (including phenoxy) is 1. The molecule has 0 heterocycles. The molecule has 1 aromatic carbocycles. The molecule has 0 aliphatic heterocycles. The number of hydrogen-bond acceptors (Lipinski definition) is 6. The molecule has 0 saturated carbocycles. The molecule has 0 fully saturated rings. The quantitative estimate of drug-likeness (QED) is 0.463. The lowest BCUT2D eigenvalue weighted by Gasteiger charge is -2.27. The Morgan fingerprint density at radius 3 is 2.22 bits per heavy atom. The van der Waals surface area contributed by atoms with Crippen molar-refractivity contribution in [1.82, 2.24) is 0 Å². The summed E-state index contributed by atoms with van der Waals surface area (Å²) in [5.74, 6) is -2.83. The van der Waals surface area contributed by atoms with Gasteiger partial charge in [0, 0.05) is 18.2 Å². The lowest BCUT2D eigenvalue weighted by molar-refractivity contribution is -0.384. The van der Waals surface area contributed by atoms with Crippen molar-refractivity contribution in [2.45, 2.75) is 44.8 Å². The second-order valence-electron chi connectivity index (χ2n) is 6.12. The number of carbonyl (C=O) groups excluding carboxylic acids is 1. The van der Waals surface area contributed by atoms with Crippen LogP contribution in [0.3, 0.4) is 0 Å². The van der Waals surface area contributed by atoms with E-state index in [4.69, 9.17) is 15.6 Å². The van der Waals surface area contributed by atoms with Crippen LogP contribution < -0.4 is 5.73 Å². The van der Waals surface area contributed by atoms with Crippen LogP contribution in [0.4, 0.5) is 5.69 Å². The Hall–Kier alpha value is -2.48. The van der Waals surface area contributed by atoms with Gasteiger partial charge >= 0.3 is 11.9 Å². The fourth-order valence-corrected chi connectivity index (χ4v) is 2.05. The molecule has 8 heteroatoms. The van der Waals surface area contributed by atoms with Gasteiger partial charge in [0.05, 0.1) is 17.3 Å². The average Bonchev–Trinajstić information content (AvgIpc) is 2.36. The van der Waals surface area contributed by atoms with E-state index in [2.05, 4.69) is 0 Å². The summed E-state index contributed by atoms with van der Waals surface area (Å²) in [5, 5.41) is 19.6. The van der Waals surface area contributed by atoms with E-state index >= 15 is 0 Å². The Kier molecular flexibility index (Phi) is 5.80. The molecule has 0 bridgehead atoms. The number of carbonyl (C=O) groups is 2. The molecule has 0 aromatic heterocycles. The number of non-ortho nitro benzene ring substituents is 1. The van der Waals surface area contributed by atoms with Crippen LogP contribution >= 0.6 is 0 Å². The molecule has 0 aliphatic carbocycles. The lowest BCUT2D eigenvalue weighted by Crippen LogP contribution is -2.39. The van der Waals surface area contributed by atoms with E-state index in [1.165, 1.54) is 24.3 Å². The van der Waals surface area contributed by atoms with Crippen molar-refractivity contribution in [1.29, 1.82) is 0 Å². The number of carboxylic acid groups (broad SMARTS) is 1. The van der Waals surface area contributed by atoms with Gasteiger partial charge in [0.2, 0.25) is 0 Å². The van der Waals surface area contributed by atoms with Gasteiger partial charge in [-0.3, -0.25) is 19.7 Å². The van der Waals surface area contributed by atoms with Gasteiger partial charge in [0.15, 0.2) is 0 Å². The highest BCUT2D eigenvalue weighted by molar-refractivity contribution is 5.81. The fraction of sp³-hybridized carbons (Fsp3) is 0.467. The van der Waals surface area contributed by atoms with Crippen LogP contribution in [-0.2, 0) is 14.3 Å². The molecule has 126 valence electrons. The molecule has 3 N–H and O–H groups in total. The van der Waals surface area contributed by atoms with Crippen LogP contribution in [0.1, 0.15) is 38.7 Å². The Bertz CT molecular complexity index is 591. The molecule has 1 rings (SSSR count). The summed E-state index contributed by atoms with van der Waals surface area (Å²) in [4.78, 5) is 33.4. The van der Waals surface area contributed by atoms with Gasteiger partial charge in [-0.15, -0.1) is 0 Å². The fourth-order valence-electron chi connectivity index (χ4n) is 2.05. The van der Waals surface area contributed by atoms with Crippen molar-refractivity contribution in [3.63, 3.8) is 0 Å². The maximum atomic E-state index is 12.4. The third-order valence-electron chi connectivity index (χ3n) is 2.96. The number of benzene rings is 1. The number of nitrogens with two attached hydrogens (primary N) is 1. The predicted octanol–water partition coefficient (Wildman–Crippen LogP) is 1.82. The zero-order chi connectivity index (χ0) is 17.8. The van der Waals surface area contributed by atoms with E-state index in [9.17, 15) is 19.7 Å². The number of nitro benzene ring substituents is 1. The number of carboxylic acids is 1. The summed E-state index contributed by atoms with van der Waals surface area (Å²) >= 11 is 0. The standard InChI is InChI=1S/C15H20N2O6/c1-15(2,3)23-14(20)13(11(16)8-12(18)19)9-4-6-10(7-5-9)17(21)22/h4-7,11,13H,8,16H2,1-3H3,(H,18,19)/t11-,13-/m1/s1. The van der Waals surface area contributed by atoms with Crippen LogP contribution in [0.5, 0.6) is 0 Å². The molecule has 0 amide bonds. The second-order valence-corrected chi connectivity index (χ2v) is 6.12. The van der Waals surface area contributed by atoms with Gasteiger partial charge in [0.25, 0.3) is 5.69 Å². The summed E-state index contributed by atoms with van der Waals surface area (Å²) in [6.45, 7) is 5.04. The molecule has 23 heavy (non-hydrogen) atoms. The minimum absolute atomic E-state index is 0.136. The van der Waals surface area contributed by atoms with Crippen molar-refractivity contribution < 1.29 is 24.4 Å². The first-order valence-electron chi connectivity index (χ1n) is 6.96. The number of rotatable bonds is 6. The predicted molar refractivity (Wildman–Crippen MR) is 81.9 cm³/mol. The highest BCUT2D eigenvalue weighted by Crippen LogP contribution is 2.26. The Morgan fingerprint density at radius 1 is 1.30 bits per heavy atom. The molecule has 2 atom stereocenters. The summed E-state index contributed by atoms with van der Waals surface area (Å²) < 4.78 is 5.29. The van der Waals surface area contributed by atoms with Crippen LogP contribution in [0.2, 0.25) is 0 Å². The zero-order valence-corrected chi connectivity index (χ0v) is 13.2. The monoisotopic (exact) mass is 324 g/mol. The largest absolute Gasteiger partial charge is 0.481 e. The van der Waals surface area contributed by atoms with Crippen LogP contribution in [0.25, 0.3) is 0 Å². The highest BCUT2D eigenvalue weighted by Gasteiger charge is 2.33. The van der Waals surface area contributed by atoms with Crippen molar-refractivity contribution in [2.24, 2.45) is 5.73 Å². The number of esters is 1. The van der Waals surface area contributed by atoms with E-state index in [1.54, 1.807) is 20.8 Å². The topological polar surface area (TPSA) is 133 Å². The maximum Gasteiger partial charge on any atom is 0.315 e. The maximum absolute atomic E-state index is 12.4. The SMILES string of the molecule is CC(C)(C)OC(=O)[C@H](c1ccc([N+](=O)[O-])cc1)[C@H](N)CC(=O)O. The van der Waals surface area contributed by atoms with Crippen LogP contribution in [0, 0.1) is 10.1 Å². The lowest BCUT2D eigenvalue weighted by atomic mass is 9.89.